The van der Waals surface area contributed by atoms with E-state index in [1.54, 1.807) is 0 Å². The Morgan fingerprint density at radius 1 is 1.15 bits per heavy atom. The van der Waals surface area contributed by atoms with E-state index in [1.807, 2.05) is 0 Å². The SMILES string of the molecule is CCN(C(=O)CN(CC1CCCNC1)C1CC1)C1CC1. The third-order valence-electron chi connectivity index (χ3n) is 4.94. The maximum Gasteiger partial charge on any atom is 0.236 e. The Kier molecular flexibility index (Phi) is 4.61. The van der Waals surface area contributed by atoms with E-state index in [1.165, 1.54) is 45.1 Å². The number of likely N-dealkylation sites (N-methyl/N-ethyl adjacent to an activating group) is 1. The van der Waals surface area contributed by atoms with Gasteiger partial charge in [-0.3, -0.25) is 9.69 Å². The summed E-state index contributed by atoms with van der Waals surface area (Å²) in [4.78, 5) is 17.1. The van der Waals surface area contributed by atoms with Gasteiger partial charge >= 0.3 is 0 Å². The Hall–Kier alpha value is -0.610. The lowest BCUT2D eigenvalue weighted by molar-refractivity contribution is -0.133. The molecule has 0 aromatic carbocycles. The number of hydrogen-bond acceptors (Lipinski definition) is 3. The topological polar surface area (TPSA) is 35.6 Å². The Bertz CT molecular complexity index is 333. The molecule has 20 heavy (non-hydrogen) atoms. The molecule has 0 spiro atoms. The lowest BCUT2D eigenvalue weighted by Gasteiger charge is -2.31. The van der Waals surface area contributed by atoms with Crippen LogP contribution in [0.3, 0.4) is 0 Å². The van der Waals surface area contributed by atoms with Crippen LogP contribution in [0.15, 0.2) is 0 Å². The number of rotatable bonds is 7. The van der Waals surface area contributed by atoms with E-state index in [2.05, 4.69) is 22.0 Å². The van der Waals surface area contributed by atoms with Gasteiger partial charge in [0, 0.05) is 25.2 Å². The quantitative estimate of drug-likeness (QED) is 0.766. The molecule has 0 aromatic rings. The van der Waals surface area contributed by atoms with E-state index in [0.29, 0.717) is 24.5 Å². The summed E-state index contributed by atoms with van der Waals surface area (Å²) in [5.41, 5.74) is 0. The second-order valence-corrected chi connectivity index (χ2v) is 6.78. The lowest BCUT2D eigenvalue weighted by atomic mass is 9.99. The molecule has 4 nitrogen and oxygen atoms in total. The molecule has 1 aliphatic heterocycles. The largest absolute Gasteiger partial charge is 0.339 e. The highest BCUT2D eigenvalue weighted by Gasteiger charge is 2.36. The summed E-state index contributed by atoms with van der Waals surface area (Å²) in [7, 11) is 0. The van der Waals surface area contributed by atoms with Crippen molar-refractivity contribution >= 4 is 5.91 Å². The second kappa shape index (κ2) is 6.44. The van der Waals surface area contributed by atoms with E-state index >= 15 is 0 Å². The molecule has 0 bridgehead atoms. The van der Waals surface area contributed by atoms with Crippen molar-refractivity contribution in [2.45, 2.75) is 57.5 Å². The molecule has 1 amide bonds. The molecule has 1 saturated heterocycles. The molecule has 0 aromatic heterocycles. The van der Waals surface area contributed by atoms with Crippen molar-refractivity contribution in [3.05, 3.63) is 0 Å². The van der Waals surface area contributed by atoms with E-state index in [9.17, 15) is 4.79 Å². The fraction of sp³-hybridized carbons (Fsp3) is 0.938. The average Bonchev–Trinajstić information content (AvgIpc) is 3.32. The molecule has 2 aliphatic carbocycles. The summed E-state index contributed by atoms with van der Waals surface area (Å²) >= 11 is 0. The van der Waals surface area contributed by atoms with Gasteiger partial charge in [-0.15, -0.1) is 0 Å². The average molecular weight is 279 g/mol. The molecule has 4 heteroatoms. The lowest BCUT2D eigenvalue weighted by Crippen LogP contribution is -2.45. The Labute approximate surface area is 122 Å². The number of nitrogens with zero attached hydrogens (tertiary/aromatic N) is 2. The van der Waals surface area contributed by atoms with E-state index in [4.69, 9.17) is 0 Å². The predicted octanol–water partition coefficient (Wildman–Crippen LogP) is 1.46. The molecule has 2 saturated carbocycles. The molecule has 3 aliphatic rings. The van der Waals surface area contributed by atoms with Crippen LogP contribution in [0.4, 0.5) is 0 Å². The van der Waals surface area contributed by atoms with Gasteiger partial charge in [0.05, 0.1) is 6.54 Å². The monoisotopic (exact) mass is 279 g/mol. The first kappa shape index (κ1) is 14.3. The number of nitrogens with one attached hydrogen (secondary N) is 1. The summed E-state index contributed by atoms with van der Waals surface area (Å²) in [5.74, 6) is 1.11. The smallest absolute Gasteiger partial charge is 0.236 e. The maximum atomic E-state index is 12.5. The van der Waals surface area contributed by atoms with E-state index in [-0.39, 0.29) is 0 Å². The minimum Gasteiger partial charge on any atom is -0.339 e. The van der Waals surface area contributed by atoms with E-state index < -0.39 is 0 Å². The second-order valence-electron chi connectivity index (χ2n) is 6.78. The Morgan fingerprint density at radius 2 is 1.90 bits per heavy atom. The molecular weight excluding hydrogens is 250 g/mol. The molecule has 1 unspecified atom stereocenters. The van der Waals surface area contributed by atoms with Gasteiger partial charge in [-0.1, -0.05) is 0 Å². The third-order valence-corrected chi connectivity index (χ3v) is 4.94. The number of carbonyl (C=O) groups is 1. The number of amides is 1. The first-order valence-electron chi connectivity index (χ1n) is 8.52. The van der Waals surface area contributed by atoms with Crippen LogP contribution in [0.1, 0.15) is 45.4 Å². The van der Waals surface area contributed by atoms with Gasteiger partial charge < -0.3 is 10.2 Å². The van der Waals surface area contributed by atoms with Crippen LogP contribution in [0.25, 0.3) is 0 Å². The van der Waals surface area contributed by atoms with Crippen LogP contribution >= 0.6 is 0 Å². The molecule has 3 rings (SSSR count). The van der Waals surface area contributed by atoms with Gasteiger partial charge in [-0.2, -0.15) is 0 Å². The number of hydrogen-bond donors (Lipinski definition) is 1. The zero-order chi connectivity index (χ0) is 13.9. The van der Waals surface area contributed by atoms with Gasteiger partial charge in [0.15, 0.2) is 0 Å². The number of piperidine rings is 1. The van der Waals surface area contributed by atoms with Gasteiger partial charge in [-0.05, 0) is 64.5 Å². The van der Waals surface area contributed by atoms with Crippen molar-refractivity contribution in [1.29, 1.82) is 0 Å². The summed E-state index contributed by atoms with van der Waals surface area (Å²) in [5, 5.41) is 3.49. The predicted molar refractivity (Wildman–Crippen MR) is 80.6 cm³/mol. The van der Waals surface area contributed by atoms with Gasteiger partial charge in [0.25, 0.3) is 0 Å². The summed E-state index contributed by atoms with van der Waals surface area (Å²) < 4.78 is 0. The van der Waals surface area contributed by atoms with E-state index in [0.717, 1.165) is 25.6 Å². The van der Waals surface area contributed by atoms with Crippen LogP contribution in [0.5, 0.6) is 0 Å². The zero-order valence-corrected chi connectivity index (χ0v) is 12.8. The number of carbonyl (C=O) groups excluding carboxylic acids is 1. The summed E-state index contributed by atoms with van der Waals surface area (Å²) in [6.07, 6.45) is 7.64. The summed E-state index contributed by atoms with van der Waals surface area (Å²) in [6.45, 7) is 7.08. The highest BCUT2D eigenvalue weighted by atomic mass is 16.2. The third kappa shape index (κ3) is 3.73. The van der Waals surface area contributed by atoms with Crippen molar-refractivity contribution in [3.8, 4) is 0 Å². The molecule has 1 atom stereocenters. The Morgan fingerprint density at radius 3 is 2.45 bits per heavy atom. The first-order valence-corrected chi connectivity index (χ1v) is 8.52. The van der Waals surface area contributed by atoms with Crippen molar-refractivity contribution in [2.24, 2.45) is 5.92 Å². The van der Waals surface area contributed by atoms with Crippen LogP contribution in [0.2, 0.25) is 0 Å². The van der Waals surface area contributed by atoms with Crippen LogP contribution < -0.4 is 5.32 Å². The molecule has 3 fully saturated rings. The minimum absolute atomic E-state index is 0.366. The Balaban J connectivity index is 1.52. The van der Waals surface area contributed by atoms with Gasteiger partial charge in [-0.25, -0.2) is 0 Å². The zero-order valence-electron chi connectivity index (χ0n) is 12.8. The minimum atomic E-state index is 0.366. The van der Waals surface area contributed by atoms with Crippen molar-refractivity contribution in [1.82, 2.24) is 15.1 Å². The standard InChI is InChI=1S/C16H29N3O/c1-2-19(15-7-8-15)16(20)12-18(14-5-6-14)11-13-4-3-9-17-10-13/h13-15,17H,2-12H2,1H3. The van der Waals surface area contributed by atoms with Crippen molar-refractivity contribution < 1.29 is 4.79 Å². The maximum absolute atomic E-state index is 12.5. The molecule has 1 N–H and O–H groups in total. The molecular formula is C16H29N3O. The van der Waals surface area contributed by atoms with Crippen LogP contribution in [-0.4, -0.2) is 60.5 Å². The van der Waals surface area contributed by atoms with Crippen LogP contribution in [-0.2, 0) is 4.79 Å². The molecule has 1 heterocycles. The highest BCUT2D eigenvalue weighted by Crippen LogP contribution is 2.30. The fourth-order valence-electron chi connectivity index (χ4n) is 3.48. The normalized spacial score (nSPS) is 26.8. The molecule has 0 radical (unpaired) electrons. The highest BCUT2D eigenvalue weighted by molar-refractivity contribution is 5.79. The van der Waals surface area contributed by atoms with Crippen LogP contribution in [0, 0.1) is 5.92 Å². The van der Waals surface area contributed by atoms with Gasteiger partial charge in [0.1, 0.15) is 0 Å². The molecule has 114 valence electrons. The van der Waals surface area contributed by atoms with Crippen molar-refractivity contribution in [2.75, 3.05) is 32.7 Å². The summed E-state index contributed by atoms with van der Waals surface area (Å²) in [6, 6.07) is 1.25. The fourth-order valence-corrected chi connectivity index (χ4v) is 3.48. The van der Waals surface area contributed by atoms with Gasteiger partial charge in [0.2, 0.25) is 5.91 Å². The first-order chi connectivity index (χ1) is 9.78. The van der Waals surface area contributed by atoms with Crippen molar-refractivity contribution in [3.63, 3.8) is 0 Å².